The molecule has 31 heavy (non-hydrogen) atoms. The van der Waals surface area contributed by atoms with Crippen molar-refractivity contribution in [3.63, 3.8) is 0 Å². The molecule has 164 valence electrons. The molecule has 0 N–H and O–H groups in total. The molecular formula is C23H26FN3O2S2. The smallest absolute Gasteiger partial charge is 0.192 e. The van der Waals surface area contributed by atoms with E-state index in [-0.39, 0.29) is 33.8 Å². The first kappa shape index (κ1) is 22.3. The van der Waals surface area contributed by atoms with Crippen LogP contribution in [0.5, 0.6) is 0 Å². The van der Waals surface area contributed by atoms with E-state index < -0.39 is 6.04 Å². The lowest BCUT2D eigenvalue weighted by molar-refractivity contribution is -0.126. The summed E-state index contributed by atoms with van der Waals surface area (Å²) in [7, 11) is 0. The molecule has 1 saturated carbocycles. The number of carbonyl (C=O) groups excluding carboxylic acids is 2. The lowest BCUT2D eigenvalue weighted by Crippen LogP contribution is -2.43. The lowest BCUT2D eigenvalue weighted by Gasteiger charge is -2.38. The normalized spacial score (nSPS) is 22.1. The molecule has 0 radical (unpaired) electrons. The second kappa shape index (κ2) is 9.71. The van der Waals surface area contributed by atoms with Gasteiger partial charge in [0.1, 0.15) is 5.82 Å². The maximum absolute atomic E-state index is 14.7. The fourth-order valence-corrected chi connectivity index (χ4v) is 5.38. The monoisotopic (exact) mass is 459 g/mol. The summed E-state index contributed by atoms with van der Waals surface area (Å²) in [4.78, 5) is 27.7. The van der Waals surface area contributed by atoms with E-state index in [1.165, 1.54) is 29.4 Å². The fourth-order valence-electron chi connectivity index (χ4n) is 3.90. The number of thioether (sulfide) groups is 1. The molecule has 2 aliphatic rings. The van der Waals surface area contributed by atoms with E-state index >= 15 is 0 Å². The number of rotatable bonds is 7. The van der Waals surface area contributed by atoms with Gasteiger partial charge in [-0.1, -0.05) is 48.3 Å². The summed E-state index contributed by atoms with van der Waals surface area (Å²) < 4.78 is 18.7. The molecule has 8 heteroatoms. The highest BCUT2D eigenvalue weighted by Crippen LogP contribution is 2.41. The Morgan fingerprint density at radius 3 is 2.68 bits per heavy atom. The van der Waals surface area contributed by atoms with Crippen LogP contribution in [-0.4, -0.2) is 43.7 Å². The van der Waals surface area contributed by atoms with E-state index in [2.05, 4.69) is 14.5 Å². The molecule has 1 aliphatic heterocycles. The molecule has 2 aromatic rings. The van der Waals surface area contributed by atoms with Gasteiger partial charge in [0.25, 0.3) is 0 Å². The first-order chi connectivity index (χ1) is 14.9. The van der Waals surface area contributed by atoms with Gasteiger partial charge < -0.3 is 0 Å². The Morgan fingerprint density at radius 1 is 1.26 bits per heavy atom. The van der Waals surface area contributed by atoms with Crippen LogP contribution in [0.1, 0.15) is 50.4 Å². The minimum atomic E-state index is -0.600. The van der Waals surface area contributed by atoms with Crippen LogP contribution in [0.25, 0.3) is 6.08 Å². The molecule has 2 fully saturated rings. The van der Waals surface area contributed by atoms with E-state index in [9.17, 15) is 14.0 Å². The largest absolute Gasteiger partial charge is 0.297 e. The van der Waals surface area contributed by atoms with Gasteiger partial charge in [-0.3, -0.25) is 14.5 Å². The Hall–Kier alpha value is -1.90. The number of hydrogen-bond acceptors (Lipinski definition) is 7. The molecule has 2 unspecified atom stereocenters. The van der Waals surface area contributed by atoms with Crippen LogP contribution < -0.4 is 0 Å². The molecular weight excluding hydrogens is 433 g/mol. The Bertz CT molecular complexity index is 973. The van der Waals surface area contributed by atoms with Crippen molar-refractivity contribution in [2.75, 3.05) is 13.1 Å². The van der Waals surface area contributed by atoms with Crippen LogP contribution in [0.2, 0.25) is 0 Å². The van der Waals surface area contributed by atoms with Gasteiger partial charge in [0.15, 0.2) is 10.9 Å². The number of ketones is 1. The summed E-state index contributed by atoms with van der Waals surface area (Å²) in [6.45, 7) is 4.94. The number of hydrogen-bond donors (Lipinski definition) is 0. The van der Waals surface area contributed by atoms with E-state index in [1.807, 2.05) is 25.3 Å². The zero-order chi connectivity index (χ0) is 22.0. The first-order valence-electron chi connectivity index (χ1n) is 10.6. The third kappa shape index (κ3) is 5.30. The highest BCUT2D eigenvalue weighted by molar-refractivity contribution is 8.14. The van der Waals surface area contributed by atoms with Crippen molar-refractivity contribution < 1.29 is 14.0 Å². The highest BCUT2D eigenvalue weighted by atomic mass is 32.2. The zero-order valence-electron chi connectivity index (χ0n) is 17.7. The minimum Gasteiger partial charge on any atom is -0.297 e. The highest BCUT2D eigenvalue weighted by Gasteiger charge is 2.41. The van der Waals surface area contributed by atoms with Crippen LogP contribution >= 0.6 is 23.3 Å². The maximum atomic E-state index is 14.7. The third-order valence-corrected chi connectivity index (χ3v) is 7.78. The second-order valence-corrected chi connectivity index (χ2v) is 10.3. The van der Waals surface area contributed by atoms with Crippen molar-refractivity contribution in [3.8, 4) is 0 Å². The molecule has 1 saturated heterocycles. The molecule has 1 aliphatic carbocycles. The van der Waals surface area contributed by atoms with Crippen molar-refractivity contribution in [2.45, 2.75) is 44.4 Å². The van der Waals surface area contributed by atoms with E-state index in [4.69, 9.17) is 0 Å². The summed E-state index contributed by atoms with van der Waals surface area (Å²) in [5.74, 6) is -0.270. The minimum absolute atomic E-state index is 0.0187. The van der Waals surface area contributed by atoms with Crippen molar-refractivity contribution in [1.29, 1.82) is 0 Å². The molecule has 5 nitrogen and oxygen atoms in total. The van der Waals surface area contributed by atoms with Gasteiger partial charge in [-0.15, -0.1) is 5.10 Å². The summed E-state index contributed by atoms with van der Waals surface area (Å²) in [5.41, 5.74) is 2.22. The standard InChI is InChI=1S/C23H26FN3O2S2/c1-14(2)23(29)31-20-9-10-27(12-16(20)11-17-13-30-26-25-17)21(22(28)15-7-8-15)18-5-3-4-6-19(18)24/h3-6,11,13-15,20-21H,7-10,12H2,1-2H3/b16-11+. The first-order valence-corrected chi connectivity index (χ1v) is 12.4. The number of nitrogens with zero attached hydrogens (tertiary/aromatic N) is 3. The van der Waals surface area contributed by atoms with Crippen LogP contribution in [0.15, 0.2) is 35.2 Å². The zero-order valence-corrected chi connectivity index (χ0v) is 19.3. The van der Waals surface area contributed by atoms with Gasteiger partial charge in [-0.25, -0.2) is 4.39 Å². The average molecular weight is 460 g/mol. The fraction of sp³-hybridized carbons (Fsp3) is 0.478. The summed E-state index contributed by atoms with van der Waals surface area (Å²) in [6, 6.07) is 5.98. The molecule has 1 aromatic heterocycles. The number of benzene rings is 1. The molecule has 4 rings (SSSR count). The van der Waals surface area contributed by atoms with Gasteiger partial charge in [0, 0.05) is 41.1 Å². The Labute approximate surface area is 190 Å². The van der Waals surface area contributed by atoms with Crippen molar-refractivity contribution in [1.82, 2.24) is 14.5 Å². The predicted octanol–water partition coefficient (Wildman–Crippen LogP) is 4.77. The number of piperidine rings is 1. The van der Waals surface area contributed by atoms with Gasteiger partial charge in [0.05, 0.1) is 11.7 Å². The Kier molecular flexibility index (Phi) is 6.99. The van der Waals surface area contributed by atoms with Crippen LogP contribution in [0.4, 0.5) is 4.39 Å². The van der Waals surface area contributed by atoms with Gasteiger partial charge in [0.2, 0.25) is 0 Å². The second-order valence-electron chi connectivity index (χ2n) is 8.49. The SMILES string of the molecule is CC(C)C(=O)SC1CCN(C(C(=O)C2CC2)c2ccccc2F)C/C1=C\c1csnn1. The third-order valence-electron chi connectivity index (χ3n) is 5.73. The summed E-state index contributed by atoms with van der Waals surface area (Å²) in [5, 5.41) is 6.16. The Balaban J connectivity index is 1.64. The number of aromatic nitrogens is 2. The van der Waals surface area contributed by atoms with Crippen molar-refractivity contribution >= 4 is 40.3 Å². The molecule has 0 amide bonds. The quantitative estimate of drug-likeness (QED) is 0.594. The topological polar surface area (TPSA) is 63.2 Å². The van der Waals surface area contributed by atoms with E-state index in [1.54, 1.807) is 18.2 Å². The van der Waals surface area contributed by atoms with Crippen molar-refractivity contribution in [3.05, 3.63) is 52.3 Å². The van der Waals surface area contributed by atoms with Crippen LogP contribution in [0, 0.1) is 17.7 Å². The number of Topliss-reactive ketones (excluding diaryl/α,β-unsaturated/α-hetero) is 1. The maximum Gasteiger partial charge on any atom is 0.192 e. The van der Waals surface area contributed by atoms with Crippen LogP contribution in [-0.2, 0) is 9.59 Å². The molecule has 2 atom stereocenters. The number of halogens is 1. The van der Waals surface area contributed by atoms with Crippen molar-refractivity contribution in [2.24, 2.45) is 11.8 Å². The summed E-state index contributed by atoms with van der Waals surface area (Å²) >= 11 is 2.64. The van der Waals surface area contributed by atoms with Gasteiger partial charge in [-0.2, -0.15) is 0 Å². The lowest BCUT2D eigenvalue weighted by atomic mass is 9.93. The molecule has 0 spiro atoms. The predicted molar refractivity (Wildman–Crippen MR) is 122 cm³/mol. The number of likely N-dealkylation sites (tertiary alicyclic amines) is 1. The Morgan fingerprint density at radius 2 is 2.03 bits per heavy atom. The molecule has 2 heterocycles. The van der Waals surface area contributed by atoms with E-state index in [0.29, 0.717) is 18.7 Å². The number of carbonyl (C=O) groups is 2. The van der Waals surface area contributed by atoms with Crippen LogP contribution in [0.3, 0.4) is 0 Å². The average Bonchev–Trinajstić information content (AvgIpc) is 3.48. The van der Waals surface area contributed by atoms with Gasteiger partial charge in [-0.05, 0) is 48.5 Å². The molecule has 0 bridgehead atoms. The van der Waals surface area contributed by atoms with E-state index in [0.717, 1.165) is 30.5 Å². The summed E-state index contributed by atoms with van der Waals surface area (Å²) in [6.07, 6.45) is 4.45. The molecule has 1 aromatic carbocycles. The van der Waals surface area contributed by atoms with Gasteiger partial charge >= 0.3 is 0 Å².